The highest BCUT2D eigenvalue weighted by Gasteiger charge is 2.30. The van der Waals surface area contributed by atoms with Crippen LogP contribution in [0.4, 0.5) is 0 Å². The molecule has 0 aliphatic carbocycles. The smallest absolute Gasteiger partial charge is 0.209 e. The van der Waals surface area contributed by atoms with Gasteiger partial charge in [-0.2, -0.15) is 0 Å². The van der Waals surface area contributed by atoms with Crippen molar-refractivity contribution in [3.8, 4) is 11.5 Å². The molecule has 0 spiro atoms. The lowest BCUT2D eigenvalue weighted by molar-refractivity contribution is -0.204. The Morgan fingerprint density at radius 2 is 1.25 bits per heavy atom. The van der Waals surface area contributed by atoms with Crippen LogP contribution in [0.3, 0.4) is 0 Å². The summed E-state index contributed by atoms with van der Waals surface area (Å²) in [5.41, 5.74) is 2.03. The summed E-state index contributed by atoms with van der Waals surface area (Å²) >= 11 is 0. The molecule has 0 fully saturated rings. The van der Waals surface area contributed by atoms with Crippen molar-refractivity contribution in [2.75, 3.05) is 21.3 Å². The maximum atomic E-state index is 6.18. The topological polar surface area (TPSA) is 58.5 Å². The van der Waals surface area contributed by atoms with Gasteiger partial charge in [0.15, 0.2) is 0 Å². The van der Waals surface area contributed by atoms with Crippen LogP contribution >= 0.6 is 0 Å². The molecule has 2 aromatic carbocycles. The SMILES string of the molecule is CCCC(C=NOC)(OCc1ccc(OC)cc1)OCc1ccc(OC)cc1. The molecule has 0 saturated heterocycles. The van der Waals surface area contributed by atoms with Crippen LogP contribution in [0.1, 0.15) is 30.9 Å². The van der Waals surface area contributed by atoms with Gasteiger partial charge >= 0.3 is 0 Å². The van der Waals surface area contributed by atoms with Crippen LogP contribution < -0.4 is 9.47 Å². The van der Waals surface area contributed by atoms with Gasteiger partial charge in [-0.25, -0.2) is 0 Å². The molecule has 0 N–H and O–H groups in total. The van der Waals surface area contributed by atoms with Crippen molar-refractivity contribution >= 4 is 6.21 Å². The van der Waals surface area contributed by atoms with Gasteiger partial charge in [0.25, 0.3) is 0 Å². The number of ether oxygens (including phenoxy) is 4. The molecule has 152 valence electrons. The molecule has 0 amide bonds. The molecular weight excluding hydrogens is 358 g/mol. The molecule has 0 atom stereocenters. The summed E-state index contributed by atoms with van der Waals surface area (Å²) in [7, 11) is 4.79. The fourth-order valence-corrected chi connectivity index (χ4v) is 2.66. The van der Waals surface area contributed by atoms with Gasteiger partial charge in [-0.3, -0.25) is 0 Å². The van der Waals surface area contributed by atoms with E-state index in [0.717, 1.165) is 29.0 Å². The first kappa shape index (κ1) is 21.7. The van der Waals surface area contributed by atoms with E-state index in [1.54, 1.807) is 20.4 Å². The minimum absolute atomic E-state index is 0.377. The zero-order valence-corrected chi connectivity index (χ0v) is 17.0. The fraction of sp³-hybridized carbons (Fsp3) is 0.409. The zero-order valence-electron chi connectivity index (χ0n) is 17.0. The number of methoxy groups -OCH3 is 2. The highest BCUT2D eigenvalue weighted by Crippen LogP contribution is 2.24. The van der Waals surface area contributed by atoms with Crippen LogP contribution in [0, 0.1) is 0 Å². The van der Waals surface area contributed by atoms with Gasteiger partial charge in [-0.1, -0.05) is 42.8 Å². The number of hydrogen-bond donors (Lipinski definition) is 0. The van der Waals surface area contributed by atoms with Crippen LogP contribution in [-0.2, 0) is 27.5 Å². The van der Waals surface area contributed by atoms with Gasteiger partial charge < -0.3 is 23.8 Å². The quantitative estimate of drug-likeness (QED) is 0.303. The predicted octanol–water partition coefficient (Wildman–Crippen LogP) is 4.57. The van der Waals surface area contributed by atoms with Gasteiger partial charge in [0.05, 0.1) is 27.4 Å². The van der Waals surface area contributed by atoms with Crippen LogP contribution in [0.5, 0.6) is 11.5 Å². The summed E-state index contributed by atoms with van der Waals surface area (Å²) in [6.07, 6.45) is 3.09. The van der Waals surface area contributed by atoms with Gasteiger partial charge in [0.2, 0.25) is 5.79 Å². The van der Waals surface area contributed by atoms with Gasteiger partial charge in [0.1, 0.15) is 24.8 Å². The zero-order chi connectivity index (χ0) is 20.2. The summed E-state index contributed by atoms with van der Waals surface area (Å²) < 4.78 is 22.8. The maximum absolute atomic E-state index is 6.18. The lowest BCUT2D eigenvalue weighted by atomic mass is 10.1. The third-order valence-corrected chi connectivity index (χ3v) is 4.24. The van der Waals surface area contributed by atoms with Crippen LogP contribution in [0.15, 0.2) is 53.7 Å². The van der Waals surface area contributed by atoms with Crippen LogP contribution in [0.2, 0.25) is 0 Å². The normalized spacial score (nSPS) is 11.6. The molecule has 6 nitrogen and oxygen atoms in total. The summed E-state index contributed by atoms with van der Waals surface area (Å²) in [4.78, 5) is 4.88. The number of rotatable bonds is 12. The van der Waals surface area contributed by atoms with E-state index in [1.807, 2.05) is 48.5 Å². The summed E-state index contributed by atoms with van der Waals surface area (Å²) in [5, 5.41) is 3.93. The Morgan fingerprint density at radius 1 is 0.786 bits per heavy atom. The van der Waals surface area contributed by atoms with Crippen molar-refractivity contribution < 1.29 is 23.8 Å². The van der Waals surface area contributed by atoms with E-state index in [9.17, 15) is 0 Å². The molecule has 2 aromatic rings. The van der Waals surface area contributed by atoms with Crippen LogP contribution in [0.25, 0.3) is 0 Å². The molecule has 0 aliphatic rings. The Morgan fingerprint density at radius 3 is 1.61 bits per heavy atom. The predicted molar refractivity (Wildman–Crippen MR) is 109 cm³/mol. The second kappa shape index (κ2) is 11.3. The van der Waals surface area contributed by atoms with E-state index in [-0.39, 0.29) is 0 Å². The lowest BCUT2D eigenvalue weighted by Crippen LogP contribution is -2.37. The lowest BCUT2D eigenvalue weighted by Gasteiger charge is -2.30. The van der Waals surface area contributed by atoms with Crippen molar-refractivity contribution in [1.29, 1.82) is 0 Å². The average Bonchev–Trinajstić information content (AvgIpc) is 2.75. The molecule has 0 aromatic heterocycles. The van der Waals surface area contributed by atoms with E-state index in [2.05, 4.69) is 12.1 Å². The molecule has 2 rings (SSSR count). The molecule has 0 bridgehead atoms. The molecule has 0 unspecified atom stereocenters. The Hall–Kier alpha value is -2.57. The summed E-state index contributed by atoms with van der Waals surface area (Å²) in [5.74, 6) is 0.630. The minimum atomic E-state index is -0.982. The number of hydrogen-bond acceptors (Lipinski definition) is 6. The number of nitrogens with zero attached hydrogens (tertiary/aromatic N) is 1. The van der Waals surface area contributed by atoms with Gasteiger partial charge in [0, 0.05) is 6.42 Å². The standard InChI is InChI=1S/C22H29NO5/c1-5-14-22(17-23-26-4,27-15-18-6-10-20(24-2)11-7-18)28-16-19-8-12-21(25-3)13-9-19/h6-13,17H,5,14-16H2,1-4H3. The van der Waals surface area contributed by atoms with Gasteiger partial charge in [-0.05, 0) is 35.4 Å². The molecule has 6 heteroatoms. The van der Waals surface area contributed by atoms with E-state index < -0.39 is 5.79 Å². The Bertz CT molecular complexity index is 661. The average molecular weight is 387 g/mol. The van der Waals surface area contributed by atoms with E-state index in [1.165, 1.54) is 7.11 Å². The first-order chi connectivity index (χ1) is 13.6. The summed E-state index contributed by atoms with van der Waals surface area (Å²) in [6.45, 7) is 2.83. The third kappa shape index (κ3) is 6.55. The van der Waals surface area contributed by atoms with Gasteiger partial charge in [-0.15, -0.1) is 0 Å². The van der Waals surface area contributed by atoms with Crippen molar-refractivity contribution in [3.05, 3.63) is 59.7 Å². The Balaban J connectivity index is 2.10. The van der Waals surface area contributed by atoms with E-state index >= 15 is 0 Å². The first-order valence-electron chi connectivity index (χ1n) is 9.26. The molecular formula is C22H29NO5. The monoisotopic (exact) mass is 387 g/mol. The Kier molecular flexibility index (Phi) is 8.78. The molecule has 0 radical (unpaired) electrons. The molecule has 28 heavy (non-hydrogen) atoms. The third-order valence-electron chi connectivity index (χ3n) is 4.24. The van der Waals surface area contributed by atoms with Crippen LogP contribution in [-0.4, -0.2) is 33.3 Å². The fourth-order valence-electron chi connectivity index (χ4n) is 2.66. The molecule has 0 aliphatic heterocycles. The van der Waals surface area contributed by atoms with Crippen molar-refractivity contribution in [1.82, 2.24) is 0 Å². The summed E-state index contributed by atoms with van der Waals surface area (Å²) in [6, 6.07) is 15.5. The maximum Gasteiger partial charge on any atom is 0.209 e. The highest BCUT2D eigenvalue weighted by molar-refractivity contribution is 5.66. The van der Waals surface area contributed by atoms with E-state index in [0.29, 0.717) is 19.6 Å². The van der Waals surface area contributed by atoms with Crippen molar-refractivity contribution in [2.24, 2.45) is 5.16 Å². The first-order valence-corrected chi connectivity index (χ1v) is 9.26. The minimum Gasteiger partial charge on any atom is -0.497 e. The number of benzene rings is 2. The van der Waals surface area contributed by atoms with Crippen molar-refractivity contribution in [3.63, 3.8) is 0 Å². The molecule has 0 saturated carbocycles. The van der Waals surface area contributed by atoms with E-state index in [4.69, 9.17) is 23.8 Å². The Labute approximate surface area is 167 Å². The molecule has 0 heterocycles. The second-order valence-electron chi connectivity index (χ2n) is 6.25. The number of oxime groups is 1. The second-order valence-corrected chi connectivity index (χ2v) is 6.25. The highest BCUT2D eigenvalue weighted by atomic mass is 16.7. The largest absolute Gasteiger partial charge is 0.497 e. The van der Waals surface area contributed by atoms with Crippen molar-refractivity contribution in [2.45, 2.75) is 38.8 Å².